The maximum atomic E-state index is 6.18. The minimum Gasteiger partial charge on any atom is -0.370 e. The molecule has 1 unspecified atom stereocenters. The molecule has 2 rings (SSSR count). The highest BCUT2D eigenvalue weighted by atomic mass is 35.5. The zero-order valence-electron chi connectivity index (χ0n) is 8.95. The van der Waals surface area contributed by atoms with E-state index in [1.807, 2.05) is 24.0 Å². The van der Waals surface area contributed by atoms with Crippen molar-refractivity contribution in [2.45, 2.75) is 13.0 Å². The van der Waals surface area contributed by atoms with E-state index in [0.717, 1.165) is 12.1 Å². The number of aliphatic imine (C=N–C) groups is 1. The van der Waals surface area contributed by atoms with E-state index in [4.69, 9.17) is 28.9 Å². The van der Waals surface area contributed by atoms with Crippen LogP contribution in [0.15, 0.2) is 23.2 Å². The molecule has 1 heterocycles. The molecule has 0 saturated heterocycles. The third kappa shape index (κ3) is 1.97. The average Bonchev–Trinajstić information content (AvgIpc) is 2.59. The molecule has 2 N–H and O–H groups in total. The lowest BCUT2D eigenvalue weighted by Crippen LogP contribution is -2.35. The van der Waals surface area contributed by atoms with Gasteiger partial charge in [0.1, 0.15) is 0 Å². The smallest absolute Gasteiger partial charge is 0.191 e. The summed E-state index contributed by atoms with van der Waals surface area (Å²) in [6.07, 6.45) is 0. The molecule has 1 aromatic rings. The van der Waals surface area contributed by atoms with E-state index in [-0.39, 0.29) is 6.04 Å². The van der Waals surface area contributed by atoms with E-state index in [0.29, 0.717) is 22.5 Å². The predicted molar refractivity (Wildman–Crippen MR) is 68.1 cm³/mol. The molecule has 0 aliphatic carbocycles. The Bertz CT molecular complexity index is 431. The van der Waals surface area contributed by atoms with Crippen molar-refractivity contribution in [3.63, 3.8) is 0 Å². The molecule has 1 aliphatic rings. The summed E-state index contributed by atoms with van der Waals surface area (Å²) >= 11 is 12.0. The van der Waals surface area contributed by atoms with Crippen LogP contribution < -0.4 is 5.73 Å². The first-order valence-corrected chi connectivity index (χ1v) is 5.90. The van der Waals surface area contributed by atoms with Crippen molar-refractivity contribution in [2.75, 3.05) is 13.1 Å². The molecule has 0 radical (unpaired) electrons. The van der Waals surface area contributed by atoms with Crippen LogP contribution in [-0.2, 0) is 0 Å². The summed E-state index contributed by atoms with van der Waals surface area (Å²) in [5.41, 5.74) is 6.83. The Morgan fingerprint density at radius 1 is 1.50 bits per heavy atom. The third-order valence-corrected chi connectivity index (χ3v) is 3.32. The average molecular weight is 258 g/mol. The minimum atomic E-state index is 0.134. The number of benzene rings is 1. The van der Waals surface area contributed by atoms with Crippen LogP contribution in [0.4, 0.5) is 0 Å². The lowest BCUT2D eigenvalue weighted by Gasteiger charge is -2.25. The normalized spacial score (nSPS) is 20.1. The van der Waals surface area contributed by atoms with Gasteiger partial charge in [-0.05, 0) is 24.6 Å². The number of nitrogens with two attached hydrogens (primary N) is 1. The number of hydrogen-bond acceptors (Lipinski definition) is 3. The van der Waals surface area contributed by atoms with E-state index in [1.165, 1.54) is 0 Å². The lowest BCUT2D eigenvalue weighted by molar-refractivity contribution is 0.364. The second-order valence-electron chi connectivity index (χ2n) is 3.67. The zero-order chi connectivity index (χ0) is 11.7. The molecule has 0 saturated carbocycles. The quantitative estimate of drug-likeness (QED) is 0.886. The molecule has 3 nitrogen and oxygen atoms in total. The molecule has 86 valence electrons. The van der Waals surface area contributed by atoms with Gasteiger partial charge in [0.15, 0.2) is 5.96 Å². The summed E-state index contributed by atoms with van der Waals surface area (Å²) < 4.78 is 0. The molecule has 5 heteroatoms. The molecular weight excluding hydrogens is 245 g/mol. The monoisotopic (exact) mass is 257 g/mol. The Morgan fingerprint density at radius 3 is 2.88 bits per heavy atom. The van der Waals surface area contributed by atoms with Crippen molar-refractivity contribution in [3.05, 3.63) is 33.8 Å². The van der Waals surface area contributed by atoms with Gasteiger partial charge in [0.05, 0.1) is 12.6 Å². The fourth-order valence-electron chi connectivity index (χ4n) is 1.95. The Morgan fingerprint density at radius 2 is 2.25 bits per heavy atom. The van der Waals surface area contributed by atoms with Gasteiger partial charge >= 0.3 is 0 Å². The zero-order valence-corrected chi connectivity index (χ0v) is 10.5. The van der Waals surface area contributed by atoms with Crippen LogP contribution in [0.2, 0.25) is 10.0 Å². The van der Waals surface area contributed by atoms with Gasteiger partial charge in [0.25, 0.3) is 0 Å². The van der Waals surface area contributed by atoms with Crippen LogP contribution in [0.1, 0.15) is 18.5 Å². The molecular formula is C11H13Cl2N3. The van der Waals surface area contributed by atoms with E-state index >= 15 is 0 Å². The van der Waals surface area contributed by atoms with Crippen LogP contribution in [0.5, 0.6) is 0 Å². The van der Waals surface area contributed by atoms with Gasteiger partial charge in [-0.2, -0.15) is 0 Å². The van der Waals surface area contributed by atoms with Crippen molar-refractivity contribution < 1.29 is 0 Å². The summed E-state index contributed by atoms with van der Waals surface area (Å²) in [7, 11) is 0. The molecule has 0 fully saturated rings. The highest BCUT2D eigenvalue weighted by Crippen LogP contribution is 2.32. The molecule has 16 heavy (non-hydrogen) atoms. The Kier molecular flexibility index (Phi) is 3.26. The summed E-state index contributed by atoms with van der Waals surface area (Å²) in [5.74, 6) is 0.582. The highest BCUT2D eigenvalue weighted by molar-refractivity contribution is 6.35. The number of hydrogen-bond donors (Lipinski definition) is 1. The first kappa shape index (κ1) is 11.6. The van der Waals surface area contributed by atoms with Crippen molar-refractivity contribution in [1.29, 1.82) is 0 Å². The summed E-state index contributed by atoms with van der Waals surface area (Å²) in [5, 5.41) is 1.31. The number of nitrogens with zero attached hydrogens (tertiary/aromatic N) is 2. The van der Waals surface area contributed by atoms with Gasteiger partial charge in [-0.25, -0.2) is 0 Å². The van der Waals surface area contributed by atoms with Crippen LogP contribution in [-0.4, -0.2) is 23.9 Å². The third-order valence-electron chi connectivity index (χ3n) is 2.76. The molecule has 0 bridgehead atoms. The van der Waals surface area contributed by atoms with E-state index in [1.54, 1.807) is 6.07 Å². The van der Waals surface area contributed by atoms with Gasteiger partial charge < -0.3 is 10.6 Å². The standard InChI is InChI=1S/C11H13Cl2N3/c1-2-16-10(6-15-11(16)14)8-4-3-7(12)5-9(8)13/h3-5,10H,2,6H2,1H3,(H2,14,15). The SMILES string of the molecule is CCN1C(N)=NCC1c1ccc(Cl)cc1Cl. The van der Waals surface area contributed by atoms with Crippen LogP contribution in [0.3, 0.4) is 0 Å². The molecule has 1 aromatic carbocycles. The first-order chi connectivity index (χ1) is 7.63. The van der Waals surface area contributed by atoms with Crippen molar-refractivity contribution in [1.82, 2.24) is 4.90 Å². The van der Waals surface area contributed by atoms with Gasteiger partial charge in [0.2, 0.25) is 0 Å². The van der Waals surface area contributed by atoms with Crippen molar-refractivity contribution >= 4 is 29.2 Å². The number of likely N-dealkylation sites (N-methyl/N-ethyl adjacent to an activating group) is 1. The topological polar surface area (TPSA) is 41.6 Å². The van der Waals surface area contributed by atoms with E-state index in [2.05, 4.69) is 4.99 Å². The van der Waals surface area contributed by atoms with Crippen LogP contribution >= 0.6 is 23.2 Å². The maximum absolute atomic E-state index is 6.18. The summed E-state index contributed by atoms with van der Waals surface area (Å²) in [6.45, 7) is 3.52. The Balaban J connectivity index is 2.32. The Hall–Kier alpha value is -0.930. The number of guanidine groups is 1. The Labute approximate surface area is 105 Å². The number of halogens is 2. The molecule has 0 spiro atoms. The van der Waals surface area contributed by atoms with Crippen molar-refractivity contribution in [3.8, 4) is 0 Å². The van der Waals surface area contributed by atoms with E-state index < -0.39 is 0 Å². The number of rotatable bonds is 2. The van der Waals surface area contributed by atoms with Crippen molar-refractivity contribution in [2.24, 2.45) is 10.7 Å². The summed E-state index contributed by atoms with van der Waals surface area (Å²) in [6, 6.07) is 5.66. The van der Waals surface area contributed by atoms with Gasteiger partial charge in [-0.3, -0.25) is 4.99 Å². The molecule has 1 aliphatic heterocycles. The maximum Gasteiger partial charge on any atom is 0.191 e. The lowest BCUT2D eigenvalue weighted by atomic mass is 10.1. The largest absolute Gasteiger partial charge is 0.370 e. The predicted octanol–water partition coefficient (Wildman–Crippen LogP) is 2.68. The summed E-state index contributed by atoms with van der Waals surface area (Å²) in [4.78, 5) is 6.28. The fourth-order valence-corrected chi connectivity index (χ4v) is 2.48. The first-order valence-electron chi connectivity index (χ1n) is 5.15. The molecule has 1 atom stereocenters. The second-order valence-corrected chi connectivity index (χ2v) is 4.51. The highest BCUT2D eigenvalue weighted by Gasteiger charge is 2.27. The second kappa shape index (κ2) is 4.52. The van der Waals surface area contributed by atoms with Crippen LogP contribution in [0, 0.1) is 0 Å². The molecule has 0 amide bonds. The fraction of sp³-hybridized carbons (Fsp3) is 0.364. The molecule has 0 aromatic heterocycles. The van der Waals surface area contributed by atoms with Gasteiger partial charge in [-0.15, -0.1) is 0 Å². The van der Waals surface area contributed by atoms with Crippen LogP contribution in [0.25, 0.3) is 0 Å². The minimum absolute atomic E-state index is 0.134. The van der Waals surface area contributed by atoms with Gasteiger partial charge in [-0.1, -0.05) is 29.3 Å². The van der Waals surface area contributed by atoms with E-state index in [9.17, 15) is 0 Å². The van der Waals surface area contributed by atoms with Gasteiger partial charge in [0, 0.05) is 16.6 Å².